The minimum Gasteiger partial charge on any atom is -0.493 e. The van der Waals surface area contributed by atoms with Crippen LogP contribution in [-0.2, 0) is 4.79 Å². The molecule has 0 bridgehead atoms. The highest BCUT2D eigenvalue weighted by Crippen LogP contribution is 2.24. The zero-order valence-electron chi connectivity index (χ0n) is 11.9. The van der Waals surface area contributed by atoms with Crippen molar-refractivity contribution in [1.29, 1.82) is 0 Å². The molecule has 1 aromatic rings. The number of nitrogens with one attached hydrogen (secondary N) is 1. The number of amides is 1. The lowest BCUT2D eigenvalue weighted by Crippen LogP contribution is -2.37. The Morgan fingerprint density at radius 2 is 2.15 bits per heavy atom. The van der Waals surface area contributed by atoms with Gasteiger partial charge >= 0.3 is 0 Å². The summed E-state index contributed by atoms with van der Waals surface area (Å²) >= 11 is 0. The molecular weight excluding hydrogens is 254 g/mol. The number of hydrogen-bond donors (Lipinski definition) is 2. The van der Waals surface area contributed by atoms with Crippen molar-refractivity contribution >= 4 is 5.91 Å². The lowest BCUT2D eigenvalue weighted by molar-refractivity contribution is -0.125. The Balaban J connectivity index is 1.69. The van der Waals surface area contributed by atoms with E-state index in [2.05, 4.69) is 5.32 Å². The average molecular weight is 277 g/mol. The van der Waals surface area contributed by atoms with Crippen molar-refractivity contribution in [3.63, 3.8) is 0 Å². The van der Waals surface area contributed by atoms with Crippen LogP contribution in [0.4, 0.5) is 0 Å². The summed E-state index contributed by atoms with van der Waals surface area (Å²) < 4.78 is 5.57. The maximum absolute atomic E-state index is 12.0. The highest BCUT2D eigenvalue weighted by molar-refractivity contribution is 5.78. The number of carbonyl (C=O) groups is 1. The molecular formula is C16H23NO3. The number of carbonyl (C=O) groups excluding carboxylic acids is 1. The van der Waals surface area contributed by atoms with Gasteiger partial charge in [-0.2, -0.15) is 0 Å². The fourth-order valence-corrected chi connectivity index (χ4v) is 2.47. The highest BCUT2D eigenvalue weighted by Gasteiger charge is 2.26. The zero-order chi connectivity index (χ0) is 14.4. The minimum absolute atomic E-state index is 0.0139. The number of para-hydroxylation sites is 1. The molecule has 2 rings (SSSR count). The lowest BCUT2D eigenvalue weighted by atomic mass is 10.1. The molecule has 1 aliphatic carbocycles. The molecule has 4 heteroatoms. The van der Waals surface area contributed by atoms with Crippen LogP contribution in [0, 0.1) is 11.8 Å². The molecule has 20 heavy (non-hydrogen) atoms. The number of aliphatic hydroxyl groups is 1. The first-order valence-corrected chi connectivity index (χ1v) is 7.30. The summed E-state index contributed by atoms with van der Waals surface area (Å²) in [7, 11) is 0. The van der Waals surface area contributed by atoms with Gasteiger partial charge in [-0.1, -0.05) is 31.5 Å². The zero-order valence-corrected chi connectivity index (χ0v) is 11.9. The summed E-state index contributed by atoms with van der Waals surface area (Å²) in [5.41, 5.74) is 0. The fraction of sp³-hybridized carbons (Fsp3) is 0.562. The normalized spacial score (nSPS) is 23.3. The van der Waals surface area contributed by atoms with Crippen molar-refractivity contribution in [3.8, 4) is 5.75 Å². The third-order valence-electron chi connectivity index (χ3n) is 3.85. The Morgan fingerprint density at radius 3 is 2.80 bits per heavy atom. The van der Waals surface area contributed by atoms with Crippen LogP contribution in [0.5, 0.6) is 5.75 Å². The van der Waals surface area contributed by atoms with E-state index in [9.17, 15) is 9.90 Å². The van der Waals surface area contributed by atoms with Crippen molar-refractivity contribution in [2.24, 2.45) is 11.8 Å². The predicted octanol–water partition coefficient (Wildman–Crippen LogP) is 1.98. The molecule has 0 saturated heterocycles. The van der Waals surface area contributed by atoms with E-state index in [0.29, 0.717) is 13.2 Å². The van der Waals surface area contributed by atoms with Gasteiger partial charge in [0.15, 0.2) is 0 Å². The fourth-order valence-electron chi connectivity index (χ4n) is 2.47. The summed E-state index contributed by atoms with van der Waals surface area (Å²) in [5, 5.41) is 12.6. The Hall–Kier alpha value is -1.55. The molecule has 1 saturated carbocycles. The van der Waals surface area contributed by atoms with Gasteiger partial charge < -0.3 is 15.2 Å². The number of hydrogen-bond acceptors (Lipinski definition) is 3. The Bertz CT molecular complexity index is 421. The van der Waals surface area contributed by atoms with Gasteiger partial charge in [0.2, 0.25) is 5.91 Å². The van der Waals surface area contributed by atoms with E-state index < -0.39 is 0 Å². The van der Waals surface area contributed by atoms with Crippen LogP contribution < -0.4 is 10.1 Å². The van der Waals surface area contributed by atoms with E-state index in [-0.39, 0.29) is 23.8 Å². The molecule has 0 spiro atoms. The largest absolute Gasteiger partial charge is 0.493 e. The molecule has 0 aliphatic heterocycles. The standard InChI is InChI=1S/C16H23NO3/c1-12(11-20-14-7-3-2-4-8-14)16(19)17-10-13-6-5-9-15(13)18/h2-4,7-8,12-13,15,18H,5-6,9-11H2,1H3,(H,17,19). The molecule has 1 amide bonds. The molecule has 110 valence electrons. The van der Waals surface area contributed by atoms with Gasteiger partial charge in [0.25, 0.3) is 0 Å². The van der Waals surface area contributed by atoms with Crippen LogP contribution in [0.1, 0.15) is 26.2 Å². The first-order chi connectivity index (χ1) is 9.66. The van der Waals surface area contributed by atoms with Crippen molar-refractivity contribution in [2.45, 2.75) is 32.3 Å². The quantitative estimate of drug-likeness (QED) is 0.836. The van der Waals surface area contributed by atoms with Crippen LogP contribution in [0.3, 0.4) is 0 Å². The molecule has 1 aromatic carbocycles. The second kappa shape index (κ2) is 7.29. The number of rotatable bonds is 6. The van der Waals surface area contributed by atoms with Crippen molar-refractivity contribution in [2.75, 3.05) is 13.2 Å². The molecule has 0 radical (unpaired) electrons. The van der Waals surface area contributed by atoms with Gasteiger partial charge in [0.05, 0.1) is 18.6 Å². The summed E-state index contributed by atoms with van der Waals surface area (Å²) in [5.74, 6) is 0.772. The van der Waals surface area contributed by atoms with Gasteiger partial charge in [0.1, 0.15) is 5.75 Å². The summed E-state index contributed by atoms with van der Waals surface area (Å²) in [4.78, 5) is 12.0. The highest BCUT2D eigenvalue weighted by atomic mass is 16.5. The average Bonchev–Trinajstić information content (AvgIpc) is 2.88. The Morgan fingerprint density at radius 1 is 1.40 bits per heavy atom. The smallest absolute Gasteiger partial charge is 0.226 e. The second-order valence-corrected chi connectivity index (χ2v) is 5.53. The molecule has 0 aromatic heterocycles. The number of ether oxygens (including phenoxy) is 1. The molecule has 2 N–H and O–H groups in total. The summed E-state index contributed by atoms with van der Waals surface area (Å²) in [6, 6.07) is 9.48. The van der Waals surface area contributed by atoms with Crippen LogP contribution in [0.25, 0.3) is 0 Å². The van der Waals surface area contributed by atoms with E-state index in [4.69, 9.17) is 4.74 Å². The van der Waals surface area contributed by atoms with E-state index in [0.717, 1.165) is 25.0 Å². The SMILES string of the molecule is CC(COc1ccccc1)C(=O)NCC1CCCC1O. The molecule has 3 unspecified atom stereocenters. The van der Waals surface area contributed by atoms with E-state index >= 15 is 0 Å². The molecule has 4 nitrogen and oxygen atoms in total. The molecule has 1 fully saturated rings. The Kier molecular flexibility index (Phi) is 5.41. The lowest BCUT2D eigenvalue weighted by Gasteiger charge is -2.18. The minimum atomic E-state index is -0.258. The van der Waals surface area contributed by atoms with Crippen LogP contribution in [0.2, 0.25) is 0 Å². The maximum atomic E-state index is 12.0. The van der Waals surface area contributed by atoms with Crippen molar-refractivity contribution in [1.82, 2.24) is 5.32 Å². The first kappa shape index (κ1) is 14.9. The topological polar surface area (TPSA) is 58.6 Å². The van der Waals surface area contributed by atoms with Gasteiger partial charge in [-0.05, 0) is 25.0 Å². The summed E-state index contributed by atoms with van der Waals surface area (Å²) in [6.07, 6.45) is 2.64. The monoisotopic (exact) mass is 277 g/mol. The first-order valence-electron chi connectivity index (χ1n) is 7.30. The molecule has 1 aliphatic rings. The van der Waals surface area contributed by atoms with Crippen LogP contribution >= 0.6 is 0 Å². The van der Waals surface area contributed by atoms with Gasteiger partial charge in [-0.25, -0.2) is 0 Å². The van der Waals surface area contributed by atoms with E-state index in [1.165, 1.54) is 0 Å². The van der Waals surface area contributed by atoms with Crippen LogP contribution in [-0.4, -0.2) is 30.3 Å². The number of aliphatic hydroxyl groups excluding tert-OH is 1. The molecule has 0 heterocycles. The van der Waals surface area contributed by atoms with Gasteiger partial charge in [-0.3, -0.25) is 4.79 Å². The Labute approximate surface area is 120 Å². The third-order valence-corrected chi connectivity index (χ3v) is 3.85. The number of benzene rings is 1. The van der Waals surface area contributed by atoms with E-state index in [1.54, 1.807) is 0 Å². The van der Waals surface area contributed by atoms with Crippen molar-refractivity contribution < 1.29 is 14.6 Å². The predicted molar refractivity (Wildman–Crippen MR) is 77.5 cm³/mol. The summed E-state index contributed by atoms with van der Waals surface area (Å²) in [6.45, 7) is 2.78. The maximum Gasteiger partial charge on any atom is 0.226 e. The van der Waals surface area contributed by atoms with E-state index in [1.807, 2.05) is 37.3 Å². The third kappa shape index (κ3) is 4.23. The van der Waals surface area contributed by atoms with Crippen molar-refractivity contribution in [3.05, 3.63) is 30.3 Å². The van der Waals surface area contributed by atoms with Crippen LogP contribution in [0.15, 0.2) is 30.3 Å². The van der Waals surface area contributed by atoms with Gasteiger partial charge in [0, 0.05) is 12.5 Å². The second-order valence-electron chi connectivity index (χ2n) is 5.53. The molecule has 3 atom stereocenters. The van der Waals surface area contributed by atoms with Gasteiger partial charge in [-0.15, -0.1) is 0 Å².